The zero-order valence-corrected chi connectivity index (χ0v) is 14.6. The summed E-state index contributed by atoms with van der Waals surface area (Å²) in [5.41, 5.74) is 1.47. The molecule has 1 aromatic carbocycles. The van der Waals surface area contributed by atoms with Gasteiger partial charge < -0.3 is 19.9 Å². The molecule has 0 aliphatic carbocycles. The van der Waals surface area contributed by atoms with Crippen molar-refractivity contribution in [1.82, 2.24) is 20.2 Å². The van der Waals surface area contributed by atoms with Crippen molar-refractivity contribution < 1.29 is 9.53 Å². The van der Waals surface area contributed by atoms with Crippen LogP contribution in [0.2, 0.25) is 0 Å². The van der Waals surface area contributed by atoms with Crippen LogP contribution in [-0.4, -0.2) is 61.1 Å². The largest absolute Gasteiger partial charge is 0.497 e. The van der Waals surface area contributed by atoms with Gasteiger partial charge in [0.15, 0.2) is 0 Å². The number of methoxy groups -OCH3 is 1. The lowest BCUT2D eigenvalue weighted by Crippen LogP contribution is -2.45. The van der Waals surface area contributed by atoms with Crippen LogP contribution >= 0.6 is 0 Å². The maximum absolute atomic E-state index is 12.2. The molecule has 0 saturated carbocycles. The molecule has 3 rings (SSSR count). The van der Waals surface area contributed by atoms with Gasteiger partial charge in [0, 0.05) is 45.1 Å². The van der Waals surface area contributed by atoms with Gasteiger partial charge in [-0.1, -0.05) is 12.1 Å². The molecule has 0 spiro atoms. The number of benzene rings is 1. The third-order valence-electron chi connectivity index (χ3n) is 4.30. The molecular formula is C18H23N5O2. The molecule has 7 heteroatoms. The molecule has 1 aliphatic heterocycles. The van der Waals surface area contributed by atoms with E-state index in [1.165, 1.54) is 0 Å². The first kappa shape index (κ1) is 17.2. The molecule has 132 valence electrons. The number of rotatable bonds is 5. The molecule has 2 aromatic rings. The standard InChI is InChI=1S/C18H23N5O2/c1-22-7-9-23(10-8-22)18-20-12-15(13-21-18)17(24)19-11-14-3-5-16(25-2)6-4-14/h3-6,12-13H,7-11H2,1-2H3,(H,19,24). The van der Waals surface area contributed by atoms with E-state index in [2.05, 4.69) is 32.1 Å². The molecule has 1 aromatic heterocycles. The van der Waals surface area contributed by atoms with E-state index in [-0.39, 0.29) is 5.91 Å². The van der Waals surface area contributed by atoms with E-state index in [4.69, 9.17) is 4.74 Å². The highest BCUT2D eigenvalue weighted by Crippen LogP contribution is 2.12. The number of amides is 1. The number of carbonyl (C=O) groups excluding carboxylic acids is 1. The average Bonchev–Trinajstić information content (AvgIpc) is 2.67. The highest BCUT2D eigenvalue weighted by atomic mass is 16.5. The summed E-state index contributed by atoms with van der Waals surface area (Å²) in [6.45, 7) is 4.24. The van der Waals surface area contributed by atoms with E-state index in [1.807, 2.05) is 24.3 Å². The number of carbonyl (C=O) groups is 1. The molecule has 7 nitrogen and oxygen atoms in total. The Morgan fingerprint density at radius 3 is 2.36 bits per heavy atom. The van der Waals surface area contributed by atoms with Crippen molar-refractivity contribution in [3.63, 3.8) is 0 Å². The Hall–Kier alpha value is -2.67. The lowest BCUT2D eigenvalue weighted by molar-refractivity contribution is 0.0950. The lowest BCUT2D eigenvalue weighted by Gasteiger charge is -2.32. The van der Waals surface area contributed by atoms with E-state index >= 15 is 0 Å². The lowest BCUT2D eigenvalue weighted by atomic mass is 10.2. The van der Waals surface area contributed by atoms with Crippen molar-refractivity contribution in [3.8, 4) is 5.75 Å². The molecule has 25 heavy (non-hydrogen) atoms. The molecule has 0 unspecified atom stereocenters. The predicted molar refractivity (Wildman–Crippen MR) is 95.9 cm³/mol. The first-order chi connectivity index (χ1) is 12.2. The van der Waals surface area contributed by atoms with Gasteiger partial charge in [0.25, 0.3) is 5.91 Å². The van der Waals surface area contributed by atoms with Crippen LogP contribution in [0.5, 0.6) is 5.75 Å². The minimum Gasteiger partial charge on any atom is -0.497 e. The van der Waals surface area contributed by atoms with Crippen LogP contribution in [0.1, 0.15) is 15.9 Å². The molecule has 1 saturated heterocycles. The average molecular weight is 341 g/mol. The zero-order chi connectivity index (χ0) is 17.6. The quantitative estimate of drug-likeness (QED) is 0.880. The van der Waals surface area contributed by atoms with Gasteiger partial charge in [-0.05, 0) is 24.7 Å². The predicted octanol–water partition coefficient (Wildman–Crippen LogP) is 1.17. The Balaban J connectivity index is 1.55. The van der Waals surface area contributed by atoms with Crippen LogP contribution in [-0.2, 0) is 6.54 Å². The summed E-state index contributed by atoms with van der Waals surface area (Å²) in [7, 11) is 3.73. The minimum absolute atomic E-state index is 0.180. The van der Waals surface area contributed by atoms with Crippen LogP contribution in [0.15, 0.2) is 36.7 Å². The Bertz CT molecular complexity index is 694. The molecule has 1 amide bonds. The number of anilines is 1. The van der Waals surface area contributed by atoms with Crippen LogP contribution < -0.4 is 15.0 Å². The number of aromatic nitrogens is 2. The maximum atomic E-state index is 12.2. The third kappa shape index (κ3) is 4.45. The molecular weight excluding hydrogens is 318 g/mol. The van der Waals surface area contributed by atoms with E-state index < -0.39 is 0 Å². The second-order valence-electron chi connectivity index (χ2n) is 6.09. The first-order valence-electron chi connectivity index (χ1n) is 8.32. The fourth-order valence-electron chi connectivity index (χ4n) is 2.64. The summed E-state index contributed by atoms with van der Waals surface area (Å²) in [6, 6.07) is 7.59. The normalized spacial score (nSPS) is 15.0. The van der Waals surface area contributed by atoms with E-state index in [9.17, 15) is 4.79 Å². The SMILES string of the molecule is COc1ccc(CNC(=O)c2cnc(N3CCN(C)CC3)nc2)cc1. The fraction of sp³-hybridized carbons (Fsp3) is 0.389. The summed E-state index contributed by atoms with van der Waals surface area (Å²) in [5.74, 6) is 1.29. The third-order valence-corrected chi connectivity index (χ3v) is 4.30. The number of hydrogen-bond donors (Lipinski definition) is 1. The summed E-state index contributed by atoms with van der Waals surface area (Å²) in [6.07, 6.45) is 3.17. The fourth-order valence-corrected chi connectivity index (χ4v) is 2.64. The van der Waals surface area contributed by atoms with Gasteiger partial charge in [0.2, 0.25) is 5.95 Å². The Kier molecular flexibility index (Phi) is 5.45. The summed E-state index contributed by atoms with van der Waals surface area (Å²) in [5, 5.41) is 2.88. The van der Waals surface area contributed by atoms with Crippen molar-refractivity contribution >= 4 is 11.9 Å². The monoisotopic (exact) mass is 341 g/mol. The highest BCUT2D eigenvalue weighted by molar-refractivity contribution is 5.93. The van der Waals surface area contributed by atoms with E-state index in [0.29, 0.717) is 18.1 Å². The first-order valence-corrected chi connectivity index (χ1v) is 8.32. The highest BCUT2D eigenvalue weighted by Gasteiger charge is 2.16. The van der Waals surface area contributed by atoms with Crippen molar-refractivity contribution in [1.29, 1.82) is 0 Å². The van der Waals surface area contributed by atoms with Crippen LogP contribution in [0.25, 0.3) is 0 Å². The van der Waals surface area contributed by atoms with Gasteiger partial charge in [-0.2, -0.15) is 0 Å². The molecule has 0 bridgehead atoms. The van der Waals surface area contributed by atoms with E-state index in [0.717, 1.165) is 37.5 Å². The number of hydrogen-bond acceptors (Lipinski definition) is 6. The van der Waals surface area contributed by atoms with Crippen LogP contribution in [0.4, 0.5) is 5.95 Å². The summed E-state index contributed by atoms with van der Waals surface area (Å²) < 4.78 is 5.12. The van der Waals surface area contributed by atoms with Gasteiger partial charge in [-0.15, -0.1) is 0 Å². The van der Waals surface area contributed by atoms with Crippen LogP contribution in [0, 0.1) is 0 Å². The van der Waals surface area contributed by atoms with Crippen LogP contribution in [0.3, 0.4) is 0 Å². The second-order valence-corrected chi connectivity index (χ2v) is 6.09. The maximum Gasteiger partial charge on any atom is 0.254 e. The van der Waals surface area contributed by atoms with E-state index in [1.54, 1.807) is 19.5 Å². The van der Waals surface area contributed by atoms with Crippen molar-refractivity contribution in [3.05, 3.63) is 47.8 Å². The summed E-state index contributed by atoms with van der Waals surface area (Å²) >= 11 is 0. The number of likely N-dealkylation sites (N-methyl/N-ethyl adjacent to an activating group) is 1. The Morgan fingerprint density at radius 1 is 1.12 bits per heavy atom. The molecule has 0 radical (unpaired) electrons. The number of ether oxygens (including phenoxy) is 1. The van der Waals surface area contributed by atoms with Gasteiger partial charge in [-0.3, -0.25) is 4.79 Å². The Morgan fingerprint density at radius 2 is 1.76 bits per heavy atom. The van der Waals surface area contributed by atoms with Crippen molar-refractivity contribution in [2.45, 2.75) is 6.54 Å². The minimum atomic E-state index is -0.180. The number of nitrogens with zero attached hydrogens (tertiary/aromatic N) is 4. The van der Waals surface area contributed by atoms with Crippen molar-refractivity contribution in [2.24, 2.45) is 0 Å². The van der Waals surface area contributed by atoms with Gasteiger partial charge in [0.05, 0.1) is 12.7 Å². The van der Waals surface area contributed by atoms with Gasteiger partial charge in [-0.25, -0.2) is 9.97 Å². The zero-order valence-electron chi connectivity index (χ0n) is 14.6. The van der Waals surface area contributed by atoms with Gasteiger partial charge in [0.1, 0.15) is 5.75 Å². The van der Waals surface area contributed by atoms with Gasteiger partial charge >= 0.3 is 0 Å². The Labute approximate surface area is 147 Å². The molecule has 0 atom stereocenters. The second kappa shape index (κ2) is 7.94. The molecule has 1 aliphatic rings. The topological polar surface area (TPSA) is 70.6 Å². The smallest absolute Gasteiger partial charge is 0.254 e. The number of piperazine rings is 1. The molecule has 2 heterocycles. The van der Waals surface area contributed by atoms with Crippen molar-refractivity contribution in [2.75, 3.05) is 45.2 Å². The molecule has 1 N–H and O–H groups in total. The molecule has 1 fully saturated rings. The number of nitrogens with one attached hydrogen (secondary N) is 1. The summed E-state index contributed by atoms with van der Waals surface area (Å²) in [4.78, 5) is 25.3.